The van der Waals surface area contributed by atoms with E-state index in [0.717, 1.165) is 76.7 Å². The summed E-state index contributed by atoms with van der Waals surface area (Å²) in [6.45, 7) is 10.7. The van der Waals surface area contributed by atoms with Crippen LogP contribution in [-0.2, 0) is 27.2 Å². The molecule has 2 saturated heterocycles. The summed E-state index contributed by atoms with van der Waals surface area (Å²) in [7, 11) is 0. The van der Waals surface area contributed by atoms with Gasteiger partial charge in [-0.05, 0) is 94.0 Å². The number of benzene rings is 2. The lowest BCUT2D eigenvalue weighted by atomic mass is 9.90. The first-order valence-corrected chi connectivity index (χ1v) is 18.9. The number of nitrogens with zero attached hydrogens (tertiary/aromatic N) is 2. The topological polar surface area (TPSA) is 151 Å². The molecule has 0 radical (unpaired) electrons. The van der Waals surface area contributed by atoms with E-state index in [-0.39, 0.29) is 5.91 Å². The van der Waals surface area contributed by atoms with Crippen molar-refractivity contribution >= 4 is 47.5 Å². The molecule has 50 heavy (non-hydrogen) atoms. The van der Waals surface area contributed by atoms with Crippen molar-refractivity contribution in [3.05, 3.63) is 69.7 Å². The Morgan fingerprint density at radius 2 is 1.58 bits per heavy atom. The van der Waals surface area contributed by atoms with Crippen molar-refractivity contribution in [1.29, 1.82) is 0 Å². The standard InChI is InChI=1S/C22H25Cl2N3O2.C11H22N2O.C3H7NO.C2H6/c23-18-9-8-16(12-19(18)24)13-20(26-22(25)29)21(28)27-10-4-7-17(14-27)11-15-5-2-1-3-6-15;12-8-4-1-3-7-11(14)13-9-5-2-6-10-13;1-2-4-3-5;1-2/h1-3,5-6,8-9,12,17,20H,4,7,10-11,13-14H2,(H3,25,26,29);1-10,12H2;3H,2H2,1H3,(H,4,5);1-2H3/t17-,20-;;;/m1.../s1. The predicted octanol–water partition coefficient (Wildman–Crippen LogP) is 6.35. The molecule has 2 heterocycles. The molecular formula is C38H60Cl2N6O4. The van der Waals surface area contributed by atoms with Gasteiger partial charge in [0.2, 0.25) is 18.2 Å². The smallest absolute Gasteiger partial charge is 0.312 e. The number of amides is 5. The van der Waals surface area contributed by atoms with E-state index in [4.69, 9.17) is 34.7 Å². The average molecular weight is 736 g/mol. The minimum absolute atomic E-state index is 0.118. The summed E-state index contributed by atoms with van der Waals surface area (Å²) < 4.78 is 0. The Morgan fingerprint density at radius 3 is 2.16 bits per heavy atom. The van der Waals surface area contributed by atoms with Gasteiger partial charge in [0.1, 0.15) is 6.04 Å². The van der Waals surface area contributed by atoms with Gasteiger partial charge in [-0.15, -0.1) is 0 Å². The van der Waals surface area contributed by atoms with Gasteiger partial charge in [-0.3, -0.25) is 14.4 Å². The molecule has 2 atom stereocenters. The lowest BCUT2D eigenvalue weighted by Crippen LogP contribution is -2.53. The molecule has 0 spiro atoms. The maximum Gasteiger partial charge on any atom is 0.312 e. The van der Waals surface area contributed by atoms with Gasteiger partial charge in [-0.1, -0.05) is 79.9 Å². The molecule has 2 fully saturated rings. The van der Waals surface area contributed by atoms with Crippen LogP contribution >= 0.6 is 23.2 Å². The third-order valence-electron chi connectivity index (χ3n) is 8.33. The molecule has 0 aliphatic carbocycles. The number of likely N-dealkylation sites (tertiary alicyclic amines) is 2. The van der Waals surface area contributed by atoms with E-state index in [1.165, 1.54) is 24.8 Å². The maximum absolute atomic E-state index is 13.2. The molecular weight excluding hydrogens is 675 g/mol. The Labute approximate surface area is 310 Å². The lowest BCUT2D eigenvalue weighted by molar-refractivity contribution is -0.135. The second kappa shape index (κ2) is 27.4. The van der Waals surface area contributed by atoms with Crippen molar-refractivity contribution in [2.75, 3.05) is 39.3 Å². The number of hydrogen-bond donors (Lipinski definition) is 4. The average Bonchev–Trinajstić information content (AvgIpc) is 3.13. The van der Waals surface area contributed by atoms with Crippen molar-refractivity contribution < 1.29 is 19.2 Å². The minimum atomic E-state index is -0.736. The molecule has 12 heteroatoms. The molecule has 0 aromatic heterocycles. The number of primary amides is 1. The van der Waals surface area contributed by atoms with Crippen molar-refractivity contribution in [2.45, 2.75) is 97.4 Å². The largest absolute Gasteiger partial charge is 0.359 e. The van der Waals surface area contributed by atoms with E-state index in [2.05, 4.69) is 22.8 Å². The second-order valence-corrected chi connectivity index (χ2v) is 13.0. The molecule has 6 N–H and O–H groups in total. The monoisotopic (exact) mass is 734 g/mol. The summed E-state index contributed by atoms with van der Waals surface area (Å²) in [6, 6.07) is 14.0. The van der Waals surface area contributed by atoms with Crippen LogP contribution < -0.4 is 22.1 Å². The van der Waals surface area contributed by atoms with Crippen LogP contribution in [0.1, 0.15) is 89.7 Å². The number of nitrogens with two attached hydrogens (primary N) is 2. The molecule has 2 aromatic rings. The van der Waals surface area contributed by atoms with Crippen LogP contribution in [0.3, 0.4) is 0 Å². The van der Waals surface area contributed by atoms with Gasteiger partial charge in [0, 0.05) is 45.6 Å². The summed E-state index contributed by atoms with van der Waals surface area (Å²) in [6.07, 6.45) is 11.5. The third kappa shape index (κ3) is 18.6. The van der Waals surface area contributed by atoms with E-state index >= 15 is 0 Å². The van der Waals surface area contributed by atoms with Crippen molar-refractivity contribution in [3.63, 3.8) is 0 Å². The first kappa shape index (κ1) is 44.7. The van der Waals surface area contributed by atoms with Gasteiger partial charge in [0.25, 0.3) is 0 Å². The Bertz CT molecular complexity index is 1250. The highest BCUT2D eigenvalue weighted by molar-refractivity contribution is 6.42. The molecule has 0 bridgehead atoms. The van der Waals surface area contributed by atoms with E-state index in [1.54, 1.807) is 18.2 Å². The fourth-order valence-electron chi connectivity index (χ4n) is 5.86. The molecule has 5 amide bonds. The molecule has 2 aliphatic rings. The summed E-state index contributed by atoms with van der Waals surface area (Å²) >= 11 is 12.1. The maximum atomic E-state index is 13.2. The first-order valence-electron chi connectivity index (χ1n) is 18.2. The van der Waals surface area contributed by atoms with Crippen molar-refractivity contribution in [1.82, 2.24) is 20.4 Å². The summed E-state index contributed by atoms with van der Waals surface area (Å²) in [4.78, 5) is 49.5. The SMILES string of the molecule is CC.CCNC=O.NC(=O)N[C@H](Cc1ccc(Cl)c(Cl)c1)C(=O)N1CCC[C@H](Cc2ccccc2)C1.NCCCCCC(=O)N1CCCCC1. The number of carbonyl (C=O) groups is 4. The molecule has 2 aliphatic heterocycles. The molecule has 10 nitrogen and oxygen atoms in total. The van der Waals surface area contributed by atoms with Crippen LogP contribution in [0.5, 0.6) is 0 Å². The molecule has 2 aromatic carbocycles. The Hall–Kier alpha value is -3.34. The molecule has 4 rings (SSSR count). The highest BCUT2D eigenvalue weighted by Gasteiger charge is 2.30. The third-order valence-corrected chi connectivity index (χ3v) is 9.07. The summed E-state index contributed by atoms with van der Waals surface area (Å²) in [5.41, 5.74) is 12.8. The van der Waals surface area contributed by atoms with Crippen LogP contribution in [0.4, 0.5) is 4.79 Å². The number of hydrogen-bond acceptors (Lipinski definition) is 5. The number of rotatable bonds is 13. The Balaban J connectivity index is 0.000000494. The normalized spacial score (nSPS) is 15.8. The zero-order chi connectivity index (χ0) is 37.1. The Kier molecular flexibility index (Phi) is 24.5. The zero-order valence-electron chi connectivity index (χ0n) is 30.3. The highest BCUT2D eigenvalue weighted by atomic mass is 35.5. The molecule has 0 saturated carbocycles. The van der Waals surface area contributed by atoms with Crippen molar-refractivity contribution in [3.8, 4) is 0 Å². The minimum Gasteiger partial charge on any atom is -0.359 e. The zero-order valence-corrected chi connectivity index (χ0v) is 31.8. The van der Waals surface area contributed by atoms with Crippen LogP contribution in [0, 0.1) is 5.92 Å². The lowest BCUT2D eigenvalue weighted by Gasteiger charge is -2.35. The van der Waals surface area contributed by atoms with E-state index in [1.807, 2.05) is 48.8 Å². The number of nitrogens with one attached hydrogen (secondary N) is 2. The second-order valence-electron chi connectivity index (χ2n) is 12.2. The number of piperidine rings is 2. The van der Waals surface area contributed by atoms with Gasteiger partial charge in [0.05, 0.1) is 10.0 Å². The van der Waals surface area contributed by atoms with Gasteiger partial charge >= 0.3 is 6.03 Å². The van der Waals surface area contributed by atoms with E-state index in [0.29, 0.717) is 47.8 Å². The van der Waals surface area contributed by atoms with Crippen LogP contribution in [-0.4, -0.2) is 79.4 Å². The van der Waals surface area contributed by atoms with Crippen LogP contribution in [0.15, 0.2) is 48.5 Å². The summed E-state index contributed by atoms with van der Waals surface area (Å²) in [5.74, 6) is 0.628. The first-order chi connectivity index (χ1) is 24.2. The van der Waals surface area contributed by atoms with Gasteiger partial charge < -0.3 is 31.9 Å². The molecule has 0 unspecified atom stereocenters. The van der Waals surface area contributed by atoms with Gasteiger partial charge in [-0.25, -0.2) is 4.79 Å². The quantitative estimate of drug-likeness (QED) is 0.140. The molecule has 280 valence electrons. The predicted molar refractivity (Wildman–Crippen MR) is 205 cm³/mol. The summed E-state index contributed by atoms with van der Waals surface area (Å²) in [5, 5.41) is 5.88. The van der Waals surface area contributed by atoms with E-state index in [9.17, 15) is 19.2 Å². The fraction of sp³-hybridized carbons (Fsp3) is 0.579. The van der Waals surface area contributed by atoms with Gasteiger partial charge in [0.15, 0.2) is 0 Å². The fourth-order valence-corrected chi connectivity index (χ4v) is 6.18. The van der Waals surface area contributed by atoms with E-state index < -0.39 is 12.1 Å². The number of halogens is 2. The van der Waals surface area contributed by atoms with Gasteiger partial charge in [-0.2, -0.15) is 0 Å². The number of unbranched alkanes of at least 4 members (excludes halogenated alkanes) is 2. The van der Waals surface area contributed by atoms with Crippen LogP contribution in [0.2, 0.25) is 10.0 Å². The van der Waals surface area contributed by atoms with Crippen molar-refractivity contribution in [2.24, 2.45) is 17.4 Å². The highest BCUT2D eigenvalue weighted by Crippen LogP contribution is 2.25. The number of urea groups is 1. The number of carbonyl (C=O) groups excluding carboxylic acids is 4. The Morgan fingerprint density at radius 1 is 0.900 bits per heavy atom. The van der Waals surface area contributed by atoms with Crippen LogP contribution in [0.25, 0.3) is 0 Å².